The van der Waals surface area contributed by atoms with Gasteiger partial charge in [-0.2, -0.15) is 0 Å². The van der Waals surface area contributed by atoms with E-state index in [1.54, 1.807) is 36.4 Å². The van der Waals surface area contributed by atoms with Gasteiger partial charge in [-0.3, -0.25) is 25.2 Å². The van der Waals surface area contributed by atoms with Gasteiger partial charge >= 0.3 is 0 Å². The molecule has 26 heavy (non-hydrogen) atoms. The highest BCUT2D eigenvalue weighted by Gasteiger charge is 2.11. The summed E-state index contributed by atoms with van der Waals surface area (Å²) in [5.74, 6) is -0.283. The molecule has 0 aromatic heterocycles. The third kappa shape index (κ3) is 5.73. The van der Waals surface area contributed by atoms with Crippen molar-refractivity contribution in [3.63, 3.8) is 0 Å². The smallest absolute Gasteiger partial charge is 0.269 e. The van der Waals surface area contributed by atoms with Crippen LogP contribution < -0.4 is 15.6 Å². The summed E-state index contributed by atoms with van der Waals surface area (Å²) in [5.41, 5.74) is 6.66. The molecule has 2 rings (SSSR count). The Morgan fingerprint density at radius 1 is 0.846 bits per heavy atom. The zero-order chi connectivity index (χ0) is 18.9. The molecule has 0 aliphatic rings. The second-order valence-electron chi connectivity index (χ2n) is 5.75. The molecule has 2 amide bonds. The highest BCUT2D eigenvalue weighted by molar-refractivity contribution is 5.99. The molecule has 0 bridgehead atoms. The van der Waals surface area contributed by atoms with Gasteiger partial charge in [-0.25, -0.2) is 0 Å². The highest BCUT2D eigenvalue weighted by Crippen LogP contribution is 2.14. The standard InChI is InChI=1S/C20H22N2O4/c1-3-26-17-10-8-15(9-11-17)18(23)12-13-19(24)21-22-20(25)16-6-4-14(2)5-7-16/h4-11H,3,12-13H2,1-2H3,(H,21,24)(H,22,25). The highest BCUT2D eigenvalue weighted by atomic mass is 16.5. The Balaban J connectivity index is 1.76. The Kier molecular flexibility index (Phi) is 6.91. The molecule has 2 aromatic carbocycles. The van der Waals surface area contributed by atoms with Crippen molar-refractivity contribution in [1.82, 2.24) is 10.9 Å². The van der Waals surface area contributed by atoms with E-state index >= 15 is 0 Å². The number of aryl methyl sites for hydroxylation is 1. The fourth-order valence-corrected chi connectivity index (χ4v) is 2.24. The zero-order valence-corrected chi connectivity index (χ0v) is 14.9. The Labute approximate surface area is 152 Å². The van der Waals surface area contributed by atoms with Crippen molar-refractivity contribution in [3.05, 3.63) is 65.2 Å². The molecule has 6 heteroatoms. The monoisotopic (exact) mass is 354 g/mol. The van der Waals surface area contributed by atoms with Crippen LogP contribution in [0.25, 0.3) is 0 Å². The van der Waals surface area contributed by atoms with E-state index in [2.05, 4.69) is 10.9 Å². The number of nitrogens with one attached hydrogen (secondary N) is 2. The summed E-state index contributed by atoms with van der Waals surface area (Å²) < 4.78 is 5.32. The summed E-state index contributed by atoms with van der Waals surface area (Å²) in [6, 6.07) is 13.8. The second-order valence-corrected chi connectivity index (χ2v) is 5.75. The normalized spacial score (nSPS) is 10.1. The van der Waals surface area contributed by atoms with Crippen molar-refractivity contribution in [1.29, 1.82) is 0 Å². The molecule has 0 aliphatic carbocycles. The molecular weight excluding hydrogens is 332 g/mol. The van der Waals surface area contributed by atoms with Gasteiger partial charge in [0.05, 0.1) is 6.61 Å². The van der Waals surface area contributed by atoms with Crippen molar-refractivity contribution in [2.45, 2.75) is 26.7 Å². The van der Waals surface area contributed by atoms with Crippen molar-refractivity contribution in [2.75, 3.05) is 6.61 Å². The third-order valence-electron chi connectivity index (χ3n) is 3.70. The van der Waals surface area contributed by atoms with Gasteiger partial charge in [0, 0.05) is 24.0 Å². The topological polar surface area (TPSA) is 84.5 Å². The maximum atomic E-state index is 12.1. The molecule has 2 N–H and O–H groups in total. The lowest BCUT2D eigenvalue weighted by Gasteiger charge is -2.08. The van der Waals surface area contributed by atoms with E-state index in [0.29, 0.717) is 23.5 Å². The molecule has 0 saturated carbocycles. The minimum absolute atomic E-state index is 0.0137. The van der Waals surface area contributed by atoms with Gasteiger partial charge in [-0.1, -0.05) is 17.7 Å². The van der Waals surface area contributed by atoms with E-state index in [4.69, 9.17) is 4.74 Å². The number of Topliss-reactive ketones (excluding diaryl/α,β-unsaturated/α-hetero) is 1. The number of ether oxygens (including phenoxy) is 1. The molecule has 0 unspecified atom stereocenters. The fraction of sp³-hybridized carbons (Fsp3) is 0.250. The predicted molar refractivity (Wildman–Crippen MR) is 98.0 cm³/mol. The molecule has 136 valence electrons. The Bertz CT molecular complexity index is 767. The lowest BCUT2D eigenvalue weighted by molar-refractivity contribution is -0.121. The lowest BCUT2D eigenvalue weighted by Crippen LogP contribution is -2.41. The minimum atomic E-state index is -0.426. The first-order chi connectivity index (χ1) is 12.5. The molecule has 0 saturated heterocycles. The molecule has 0 fully saturated rings. The summed E-state index contributed by atoms with van der Waals surface area (Å²) in [5, 5.41) is 0. The first-order valence-corrected chi connectivity index (χ1v) is 8.41. The lowest BCUT2D eigenvalue weighted by atomic mass is 10.1. The summed E-state index contributed by atoms with van der Waals surface area (Å²) in [6.07, 6.45) is 0.0421. The van der Waals surface area contributed by atoms with Crippen molar-refractivity contribution < 1.29 is 19.1 Å². The average Bonchev–Trinajstić information content (AvgIpc) is 2.65. The first-order valence-electron chi connectivity index (χ1n) is 8.41. The molecule has 0 radical (unpaired) electrons. The van der Waals surface area contributed by atoms with Crippen LogP contribution in [0, 0.1) is 6.92 Å². The molecule has 0 heterocycles. The number of amides is 2. The number of benzene rings is 2. The number of hydrogen-bond donors (Lipinski definition) is 2. The summed E-state index contributed by atoms with van der Waals surface area (Å²) in [7, 11) is 0. The maximum absolute atomic E-state index is 12.1. The van der Waals surface area contributed by atoms with E-state index in [9.17, 15) is 14.4 Å². The summed E-state index contributed by atoms with van der Waals surface area (Å²) in [4.78, 5) is 35.8. The van der Waals surface area contributed by atoms with E-state index in [1.807, 2.05) is 26.0 Å². The van der Waals surface area contributed by atoms with Crippen molar-refractivity contribution in [3.8, 4) is 5.75 Å². The van der Waals surface area contributed by atoms with Gasteiger partial charge in [0.25, 0.3) is 5.91 Å². The maximum Gasteiger partial charge on any atom is 0.269 e. The molecular formula is C20H22N2O4. The molecule has 0 spiro atoms. The van der Waals surface area contributed by atoms with Crippen LogP contribution in [0.3, 0.4) is 0 Å². The largest absolute Gasteiger partial charge is 0.494 e. The number of hydrogen-bond acceptors (Lipinski definition) is 4. The molecule has 6 nitrogen and oxygen atoms in total. The molecule has 2 aromatic rings. The van der Waals surface area contributed by atoms with Gasteiger partial charge in [-0.05, 0) is 50.2 Å². The van der Waals surface area contributed by atoms with Crippen molar-refractivity contribution in [2.24, 2.45) is 0 Å². The van der Waals surface area contributed by atoms with Crippen molar-refractivity contribution >= 4 is 17.6 Å². The zero-order valence-electron chi connectivity index (χ0n) is 14.9. The van der Waals surface area contributed by atoms with E-state index in [-0.39, 0.29) is 18.6 Å². The summed E-state index contributed by atoms with van der Waals surface area (Å²) in [6.45, 7) is 4.36. The van der Waals surface area contributed by atoms with Crippen LogP contribution in [0.1, 0.15) is 46.0 Å². The third-order valence-corrected chi connectivity index (χ3v) is 3.70. The van der Waals surface area contributed by atoms with Crippen LogP contribution in [0.2, 0.25) is 0 Å². The Morgan fingerprint density at radius 3 is 2.08 bits per heavy atom. The Hall–Kier alpha value is -3.15. The van der Waals surface area contributed by atoms with Gasteiger partial charge in [0.15, 0.2) is 5.78 Å². The van der Waals surface area contributed by atoms with Crippen LogP contribution in [0.15, 0.2) is 48.5 Å². The van der Waals surface area contributed by atoms with Crippen LogP contribution >= 0.6 is 0 Å². The van der Waals surface area contributed by atoms with Crippen LogP contribution in [0.5, 0.6) is 5.75 Å². The molecule has 0 atom stereocenters. The van der Waals surface area contributed by atoms with Crippen LogP contribution in [-0.4, -0.2) is 24.2 Å². The first kappa shape index (κ1) is 19.2. The van der Waals surface area contributed by atoms with Crippen LogP contribution in [0.4, 0.5) is 0 Å². The number of ketones is 1. The fourth-order valence-electron chi connectivity index (χ4n) is 2.24. The molecule has 0 aliphatic heterocycles. The average molecular weight is 354 g/mol. The SMILES string of the molecule is CCOc1ccc(C(=O)CCC(=O)NNC(=O)c2ccc(C)cc2)cc1. The second kappa shape index (κ2) is 9.36. The summed E-state index contributed by atoms with van der Waals surface area (Å²) >= 11 is 0. The number of rotatable bonds is 7. The minimum Gasteiger partial charge on any atom is -0.494 e. The van der Waals surface area contributed by atoms with Crippen LogP contribution in [-0.2, 0) is 4.79 Å². The van der Waals surface area contributed by atoms with Gasteiger partial charge in [-0.15, -0.1) is 0 Å². The van der Waals surface area contributed by atoms with E-state index in [0.717, 1.165) is 5.56 Å². The predicted octanol–water partition coefficient (Wildman–Crippen LogP) is 2.82. The van der Waals surface area contributed by atoms with E-state index < -0.39 is 11.8 Å². The number of carbonyl (C=O) groups excluding carboxylic acids is 3. The Morgan fingerprint density at radius 2 is 1.46 bits per heavy atom. The van der Waals surface area contributed by atoms with Gasteiger partial charge in [0.2, 0.25) is 5.91 Å². The van der Waals surface area contributed by atoms with Gasteiger partial charge in [0.1, 0.15) is 5.75 Å². The number of hydrazine groups is 1. The van der Waals surface area contributed by atoms with E-state index in [1.165, 1.54) is 0 Å². The van der Waals surface area contributed by atoms with Gasteiger partial charge < -0.3 is 4.74 Å². The number of carbonyl (C=O) groups is 3. The quantitative estimate of drug-likeness (QED) is 0.591.